The molecule has 4 nitrogen and oxygen atoms in total. The number of carbonyl (C=O) groups is 1. The number of hydrogen-bond acceptors (Lipinski definition) is 5. The standard InChI is InChI=1S/C13H12BrNO3S/c1-3-18-13(16)10-7-19-12(15-10)8-4-5-11(17-2)9(14)6-8/h4-7H,3H2,1-2H3. The lowest BCUT2D eigenvalue weighted by Crippen LogP contribution is -2.04. The quantitative estimate of drug-likeness (QED) is 0.794. The second-order valence-corrected chi connectivity index (χ2v) is 5.32. The second-order valence-electron chi connectivity index (χ2n) is 3.61. The average molecular weight is 342 g/mol. The van der Waals surface area contributed by atoms with Crippen molar-refractivity contribution in [1.82, 2.24) is 4.98 Å². The molecule has 0 aliphatic carbocycles. The number of ether oxygens (including phenoxy) is 2. The lowest BCUT2D eigenvalue weighted by Gasteiger charge is -2.04. The van der Waals surface area contributed by atoms with Gasteiger partial charge in [-0.2, -0.15) is 0 Å². The number of nitrogens with zero attached hydrogens (tertiary/aromatic N) is 1. The monoisotopic (exact) mass is 341 g/mol. The molecule has 0 radical (unpaired) electrons. The van der Waals surface area contributed by atoms with Gasteiger partial charge in [0.2, 0.25) is 0 Å². The van der Waals surface area contributed by atoms with E-state index in [1.54, 1.807) is 19.4 Å². The summed E-state index contributed by atoms with van der Waals surface area (Å²) >= 11 is 4.83. The highest BCUT2D eigenvalue weighted by Crippen LogP contribution is 2.32. The van der Waals surface area contributed by atoms with Crippen LogP contribution in [0.3, 0.4) is 0 Å². The molecule has 0 spiro atoms. The summed E-state index contributed by atoms with van der Waals surface area (Å²) in [4.78, 5) is 15.8. The SMILES string of the molecule is CCOC(=O)c1csc(-c2ccc(OC)c(Br)c2)n1. The summed E-state index contributed by atoms with van der Waals surface area (Å²) < 4.78 is 10.9. The molecule has 2 aromatic rings. The first-order valence-electron chi connectivity index (χ1n) is 5.62. The van der Waals surface area contributed by atoms with E-state index >= 15 is 0 Å². The Labute approximate surface area is 123 Å². The number of aromatic nitrogens is 1. The molecule has 0 unspecified atom stereocenters. The minimum absolute atomic E-state index is 0.341. The van der Waals surface area contributed by atoms with Crippen molar-refractivity contribution in [2.45, 2.75) is 6.92 Å². The maximum atomic E-state index is 11.5. The molecular formula is C13H12BrNO3S. The summed E-state index contributed by atoms with van der Waals surface area (Å²) in [6.45, 7) is 2.12. The highest BCUT2D eigenvalue weighted by molar-refractivity contribution is 9.10. The first kappa shape index (κ1) is 14.0. The van der Waals surface area contributed by atoms with Gasteiger partial charge in [-0.1, -0.05) is 0 Å². The average Bonchev–Trinajstić information content (AvgIpc) is 2.88. The zero-order valence-electron chi connectivity index (χ0n) is 10.5. The van der Waals surface area contributed by atoms with Gasteiger partial charge in [0.15, 0.2) is 5.69 Å². The predicted octanol–water partition coefficient (Wildman–Crippen LogP) is 3.76. The molecule has 0 fully saturated rings. The van der Waals surface area contributed by atoms with Gasteiger partial charge in [-0.3, -0.25) is 0 Å². The molecule has 2 rings (SSSR count). The Balaban J connectivity index is 2.27. The fourth-order valence-electron chi connectivity index (χ4n) is 1.50. The lowest BCUT2D eigenvalue weighted by molar-refractivity contribution is 0.0520. The van der Waals surface area contributed by atoms with E-state index < -0.39 is 5.97 Å². The van der Waals surface area contributed by atoms with E-state index in [0.29, 0.717) is 12.3 Å². The molecule has 100 valence electrons. The van der Waals surface area contributed by atoms with Crippen molar-refractivity contribution in [3.63, 3.8) is 0 Å². The van der Waals surface area contributed by atoms with E-state index in [1.807, 2.05) is 18.2 Å². The molecule has 0 bridgehead atoms. The molecular weight excluding hydrogens is 330 g/mol. The Kier molecular flexibility index (Phi) is 4.55. The molecule has 0 aliphatic rings. The van der Waals surface area contributed by atoms with Gasteiger partial charge in [0, 0.05) is 10.9 Å². The third-order valence-electron chi connectivity index (χ3n) is 2.39. The number of halogens is 1. The van der Waals surface area contributed by atoms with Gasteiger partial charge in [0.25, 0.3) is 0 Å². The number of rotatable bonds is 4. The van der Waals surface area contributed by atoms with Crippen LogP contribution in [-0.2, 0) is 4.74 Å². The molecule has 6 heteroatoms. The van der Waals surface area contributed by atoms with Crippen LogP contribution in [0, 0.1) is 0 Å². The Morgan fingerprint density at radius 3 is 2.89 bits per heavy atom. The van der Waals surface area contributed by atoms with Crippen molar-refractivity contribution in [1.29, 1.82) is 0 Å². The van der Waals surface area contributed by atoms with Crippen molar-refractivity contribution in [2.24, 2.45) is 0 Å². The topological polar surface area (TPSA) is 48.4 Å². The van der Waals surface area contributed by atoms with Crippen LogP contribution in [0.25, 0.3) is 10.6 Å². The van der Waals surface area contributed by atoms with Crippen LogP contribution in [0.1, 0.15) is 17.4 Å². The van der Waals surface area contributed by atoms with Crippen LogP contribution >= 0.6 is 27.3 Å². The van der Waals surface area contributed by atoms with Gasteiger partial charge < -0.3 is 9.47 Å². The maximum Gasteiger partial charge on any atom is 0.357 e. The molecule has 1 aromatic heterocycles. The normalized spacial score (nSPS) is 10.3. The maximum absolute atomic E-state index is 11.5. The van der Waals surface area contributed by atoms with E-state index in [-0.39, 0.29) is 0 Å². The molecule has 0 saturated heterocycles. The molecule has 0 aliphatic heterocycles. The summed E-state index contributed by atoms with van der Waals surface area (Å²) in [6, 6.07) is 5.66. The van der Waals surface area contributed by atoms with Crippen LogP contribution < -0.4 is 4.74 Å². The fraction of sp³-hybridized carbons (Fsp3) is 0.231. The molecule has 1 heterocycles. The molecule has 0 N–H and O–H groups in total. The van der Waals surface area contributed by atoms with Gasteiger partial charge in [0.1, 0.15) is 10.8 Å². The molecule has 0 amide bonds. The van der Waals surface area contributed by atoms with Gasteiger partial charge in [-0.05, 0) is 41.1 Å². The third-order valence-corrected chi connectivity index (χ3v) is 3.90. The number of carbonyl (C=O) groups excluding carboxylic acids is 1. The fourth-order valence-corrected chi connectivity index (χ4v) is 2.83. The number of thiazole rings is 1. The Morgan fingerprint density at radius 1 is 1.47 bits per heavy atom. The number of benzene rings is 1. The van der Waals surface area contributed by atoms with Crippen LogP contribution in [-0.4, -0.2) is 24.7 Å². The van der Waals surface area contributed by atoms with Crippen molar-refractivity contribution in [3.05, 3.63) is 33.7 Å². The van der Waals surface area contributed by atoms with Crippen molar-refractivity contribution < 1.29 is 14.3 Å². The summed E-state index contributed by atoms with van der Waals surface area (Å²) in [7, 11) is 1.61. The van der Waals surface area contributed by atoms with Crippen LogP contribution in [0.2, 0.25) is 0 Å². The minimum Gasteiger partial charge on any atom is -0.496 e. The van der Waals surface area contributed by atoms with Crippen molar-refractivity contribution in [3.8, 4) is 16.3 Å². The smallest absolute Gasteiger partial charge is 0.357 e. The first-order chi connectivity index (χ1) is 9.15. The minimum atomic E-state index is -0.391. The summed E-state index contributed by atoms with van der Waals surface area (Å²) in [5, 5.41) is 2.47. The zero-order chi connectivity index (χ0) is 13.8. The van der Waals surface area contributed by atoms with Crippen LogP contribution in [0.4, 0.5) is 0 Å². The molecule has 0 saturated carbocycles. The van der Waals surface area contributed by atoms with Gasteiger partial charge in [-0.25, -0.2) is 9.78 Å². The highest BCUT2D eigenvalue weighted by Gasteiger charge is 2.13. The highest BCUT2D eigenvalue weighted by atomic mass is 79.9. The summed E-state index contributed by atoms with van der Waals surface area (Å²) in [5.41, 5.74) is 1.27. The van der Waals surface area contributed by atoms with E-state index in [1.165, 1.54) is 11.3 Å². The zero-order valence-corrected chi connectivity index (χ0v) is 12.9. The van der Waals surface area contributed by atoms with E-state index in [4.69, 9.17) is 9.47 Å². The Bertz CT molecular complexity index is 597. The summed E-state index contributed by atoms with van der Waals surface area (Å²) in [5.74, 6) is 0.364. The number of hydrogen-bond donors (Lipinski definition) is 0. The molecule has 19 heavy (non-hydrogen) atoms. The number of esters is 1. The van der Waals surface area contributed by atoms with Gasteiger partial charge in [0.05, 0.1) is 18.2 Å². The lowest BCUT2D eigenvalue weighted by atomic mass is 10.2. The summed E-state index contributed by atoms with van der Waals surface area (Å²) in [6.07, 6.45) is 0. The van der Waals surface area contributed by atoms with Gasteiger partial charge in [-0.15, -0.1) is 11.3 Å². The Morgan fingerprint density at radius 2 is 2.26 bits per heavy atom. The third kappa shape index (κ3) is 3.13. The number of methoxy groups -OCH3 is 1. The molecule has 0 atom stereocenters. The predicted molar refractivity (Wildman–Crippen MR) is 77.8 cm³/mol. The van der Waals surface area contributed by atoms with Gasteiger partial charge >= 0.3 is 5.97 Å². The van der Waals surface area contributed by atoms with Crippen molar-refractivity contribution in [2.75, 3.05) is 13.7 Å². The van der Waals surface area contributed by atoms with E-state index in [2.05, 4.69) is 20.9 Å². The first-order valence-corrected chi connectivity index (χ1v) is 7.29. The van der Waals surface area contributed by atoms with E-state index in [9.17, 15) is 4.79 Å². The van der Waals surface area contributed by atoms with Crippen LogP contribution in [0.5, 0.6) is 5.75 Å². The largest absolute Gasteiger partial charge is 0.496 e. The second kappa shape index (κ2) is 6.16. The molecule has 1 aromatic carbocycles. The van der Waals surface area contributed by atoms with E-state index in [0.717, 1.165) is 20.8 Å². The van der Waals surface area contributed by atoms with Crippen molar-refractivity contribution >= 4 is 33.2 Å². The Hall–Kier alpha value is -1.40. The van der Waals surface area contributed by atoms with Crippen LogP contribution in [0.15, 0.2) is 28.1 Å².